The van der Waals surface area contributed by atoms with Gasteiger partial charge in [0, 0.05) is 7.11 Å². The van der Waals surface area contributed by atoms with E-state index < -0.39 is 0 Å². The summed E-state index contributed by atoms with van der Waals surface area (Å²) in [5.41, 5.74) is 0. The Bertz CT molecular complexity index is 217. The van der Waals surface area contributed by atoms with Gasteiger partial charge in [-0.3, -0.25) is 9.59 Å². The molecule has 2 amide bonds. The lowest BCUT2D eigenvalue weighted by Gasteiger charge is -2.31. The number of amides is 2. The van der Waals surface area contributed by atoms with Crippen molar-refractivity contribution in [1.82, 2.24) is 10.2 Å². The number of carbonyl (C=O) groups excluding carboxylic acids is 2. The third kappa shape index (κ3) is 2.42. The Morgan fingerprint density at radius 2 is 2.31 bits per heavy atom. The van der Waals surface area contributed by atoms with Crippen molar-refractivity contribution in [2.24, 2.45) is 0 Å². The second-order valence-electron chi connectivity index (χ2n) is 3.10. The number of nitrogens with zero attached hydrogens (tertiary/aromatic N) is 1. The monoisotopic (exact) mass is 186 g/mol. The summed E-state index contributed by atoms with van der Waals surface area (Å²) in [6.07, 6.45) is 0. The van der Waals surface area contributed by atoms with Gasteiger partial charge in [-0.25, -0.2) is 0 Å². The maximum absolute atomic E-state index is 11.3. The summed E-state index contributed by atoms with van der Waals surface area (Å²) in [5, 5.41) is 2.49. The number of nitrogens with one attached hydrogen (secondary N) is 1. The lowest BCUT2D eigenvalue weighted by molar-refractivity contribution is -0.143. The minimum Gasteiger partial charge on any atom is -0.383 e. The molecule has 0 spiro atoms. The summed E-state index contributed by atoms with van der Waals surface area (Å²) in [5.74, 6) is -0.160. The predicted octanol–water partition coefficient (Wildman–Crippen LogP) is -1.02. The molecular weight excluding hydrogens is 172 g/mol. The van der Waals surface area contributed by atoms with Crippen LogP contribution in [-0.4, -0.2) is 49.6 Å². The molecule has 1 atom stereocenters. The van der Waals surface area contributed by atoms with Crippen molar-refractivity contribution in [2.45, 2.75) is 13.0 Å². The second-order valence-corrected chi connectivity index (χ2v) is 3.10. The Balaban J connectivity index is 2.54. The summed E-state index contributed by atoms with van der Waals surface area (Å²) in [6.45, 7) is 2.56. The molecule has 1 rings (SSSR count). The van der Waals surface area contributed by atoms with E-state index in [1.165, 1.54) is 4.90 Å². The van der Waals surface area contributed by atoms with E-state index in [0.29, 0.717) is 6.61 Å². The van der Waals surface area contributed by atoms with Gasteiger partial charge >= 0.3 is 0 Å². The van der Waals surface area contributed by atoms with Crippen LogP contribution in [0.3, 0.4) is 0 Å². The molecule has 0 aromatic carbocycles. The van der Waals surface area contributed by atoms with E-state index in [0.717, 1.165) is 0 Å². The van der Waals surface area contributed by atoms with Crippen LogP contribution >= 0.6 is 0 Å². The van der Waals surface area contributed by atoms with E-state index >= 15 is 0 Å². The summed E-state index contributed by atoms with van der Waals surface area (Å²) in [6, 6.07) is -0.0384. The molecule has 1 aliphatic rings. The number of piperazine rings is 1. The van der Waals surface area contributed by atoms with Crippen molar-refractivity contribution in [3.8, 4) is 0 Å². The van der Waals surface area contributed by atoms with Crippen LogP contribution in [0.15, 0.2) is 0 Å². The van der Waals surface area contributed by atoms with Crippen molar-refractivity contribution in [3.05, 3.63) is 0 Å². The highest BCUT2D eigenvalue weighted by Crippen LogP contribution is 2.02. The quantitative estimate of drug-likeness (QED) is 0.613. The Morgan fingerprint density at radius 3 is 2.92 bits per heavy atom. The van der Waals surface area contributed by atoms with Crippen LogP contribution in [0.1, 0.15) is 6.92 Å². The number of rotatable bonds is 3. The number of hydrogen-bond acceptors (Lipinski definition) is 3. The minimum atomic E-state index is -0.109. The normalized spacial score (nSPS) is 20.0. The average Bonchev–Trinajstić information content (AvgIpc) is 2.09. The third-order valence-corrected chi connectivity index (χ3v) is 2.01. The zero-order valence-electron chi connectivity index (χ0n) is 7.87. The fraction of sp³-hybridized carbons (Fsp3) is 0.750. The molecule has 0 radical (unpaired) electrons. The summed E-state index contributed by atoms with van der Waals surface area (Å²) in [7, 11) is 1.57. The molecule has 0 saturated carbocycles. The summed E-state index contributed by atoms with van der Waals surface area (Å²) in [4.78, 5) is 23.8. The van der Waals surface area contributed by atoms with Gasteiger partial charge in [-0.15, -0.1) is 0 Å². The molecule has 5 nitrogen and oxygen atoms in total. The highest BCUT2D eigenvalue weighted by atomic mass is 16.5. The molecule has 1 heterocycles. The van der Waals surface area contributed by atoms with Crippen LogP contribution in [-0.2, 0) is 14.3 Å². The predicted molar refractivity (Wildman–Crippen MR) is 46.1 cm³/mol. The lowest BCUT2D eigenvalue weighted by Crippen LogP contribution is -2.55. The van der Waals surface area contributed by atoms with E-state index in [-0.39, 0.29) is 30.9 Å². The van der Waals surface area contributed by atoms with Crippen molar-refractivity contribution in [1.29, 1.82) is 0 Å². The number of ether oxygens (including phenoxy) is 1. The zero-order valence-corrected chi connectivity index (χ0v) is 7.87. The van der Waals surface area contributed by atoms with E-state index in [9.17, 15) is 9.59 Å². The van der Waals surface area contributed by atoms with Gasteiger partial charge in [0.15, 0.2) is 0 Å². The second kappa shape index (κ2) is 4.23. The van der Waals surface area contributed by atoms with Crippen LogP contribution in [0.2, 0.25) is 0 Å². The largest absolute Gasteiger partial charge is 0.383 e. The molecule has 0 aliphatic carbocycles. The van der Waals surface area contributed by atoms with Gasteiger partial charge < -0.3 is 15.0 Å². The van der Waals surface area contributed by atoms with Gasteiger partial charge in [-0.2, -0.15) is 0 Å². The Kier molecular flexibility index (Phi) is 3.25. The van der Waals surface area contributed by atoms with Gasteiger partial charge in [0.05, 0.1) is 25.7 Å². The minimum absolute atomic E-state index is 0.0384. The first-order valence-corrected chi connectivity index (χ1v) is 4.20. The molecular formula is C8H14N2O3. The van der Waals surface area contributed by atoms with Crippen LogP contribution in [0.5, 0.6) is 0 Å². The topological polar surface area (TPSA) is 58.6 Å². The number of hydrogen-bond donors (Lipinski definition) is 1. The maximum atomic E-state index is 11.3. The van der Waals surface area contributed by atoms with Crippen molar-refractivity contribution in [2.75, 3.05) is 26.8 Å². The standard InChI is InChI=1S/C8H14N2O3/c1-6(5-13-2)10-4-7(11)9-3-8(10)12/h6H,3-5H2,1-2H3,(H,9,11). The first-order valence-electron chi connectivity index (χ1n) is 4.20. The van der Waals surface area contributed by atoms with Gasteiger partial charge in [0.25, 0.3) is 0 Å². The first kappa shape index (κ1) is 9.98. The average molecular weight is 186 g/mol. The smallest absolute Gasteiger partial charge is 0.242 e. The van der Waals surface area contributed by atoms with Crippen molar-refractivity contribution in [3.63, 3.8) is 0 Å². The lowest BCUT2D eigenvalue weighted by atomic mass is 10.2. The molecule has 1 saturated heterocycles. The van der Waals surface area contributed by atoms with E-state index in [4.69, 9.17) is 4.74 Å². The Labute approximate surface area is 77.0 Å². The number of methoxy groups -OCH3 is 1. The zero-order chi connectivity index (χ0) is 9.84. The highest BCUT2D eigenvalue weighted by Gasteiger charge is 2.26. The van der Waals surface area contributed by atoms with E-state index in [2.05, 4.69) is 5.32 Å². The number of carbonyl (C=O) groups is 2. The van der Waals surface area contributed by atoms with Gasteiger partial charge in [-0.1, -0.05) is 0 Å². The van der Waals surface area contributed by atoms with Crippen molar-refractivity contribution >= 4 is 11.8 Å². The Morgan fingerprint density at radius 1 is 1.62 bits per heavy atom. The molecule has 0 bridgehead atoms. The maximum Gasteiger partial charge on any atom is 0.242 e. The van der Waals surface area contributed by atoms with E-state index in [1.807, 2.05) is 6.92 Å². The highest BCUT2D eigenvalue weighted by molar-refractivity contribution is 5.92. The molecule has 1 fully saturated rings. The molecule has 74 valence electrons. The fourth-order valence-electron chi connectivity index (χ4n) is 1.31. The molecule has 5 heteroatoms. The van der Waals surface area contributed by atoms with Gasteiger partial charge in [0.1, 0.15) is 0 Å². The third-order valence-electron chi connectivity index (χ3n) is 2.01. The summed E-state index contributed by atoms with van der Waals surface area (Å²) >= 11 is 0. The van der Waals surface area contributed by atoms with Crippen LogP contribution in [0.4, 0.5) is 0 Å². The van der Waals surface area contributed by atoms with E-state index in [1.54, 1.807) is 7.11 Å². The van der Waals surface area contributed by atoms with Crippen LogP contribution in [0.25, 0.3) is 0 Å². The molecule has 1 unspecified atom stereocenters. The van der Waals surface area contributed by atoms with Gasteiger partial charge in [-0.05, 0) is 6.92 Å². The molecule has 1 N–H and O–H groups in total. The van der Waals surface area contributed by atoms with Crippen molar-refractivity contribution < 1.29 is 14.3 Å². The fourth-order valence-corrected chi connectivity index (χ4v) is 1.31. The molecule has 1 aliphatic heterocycles. The molecule has 0 aromatic heterocycles. The van der Waals surface area contributed by atoms with Gasteiger partial charge in [0.2, 0.25) is 11.8 Å². The SMILES string of the molecule is COCC(C)N1CC(=O)NCC1=O. The summed E-state index contributed by atoms with van der Waals surface area (Å²) < 4.78 is 4.91. The molecule has 13 heavy (non-hydrogen) atoms. The molecule has 0 aromatic rings. The Hall–Kier alpha value is -1.10. The first-order chi connectivity index (χ1) is 6.15. The van der Waals surface area contributed by atoms with Crippen LogP contribution in [0, 0.1) is 0 Å². The van der Waals surface area contributed by atoms with Crippen LogP contribution < -0.4 is 5.32 Å².